The molecule has 0 N–H and O–H groups in total. The van der Waals surface area contributed by atoms with E-state index in [0.29, 0.717) is 5.25 Å². The van der Waals surface area contributed by atoms with Gasteiger partial charge in [-0.15, -0.1) is 0 Å². The molecule has 5 heteroatoms. The van der Waals surface area contributed by atoms with E-state index in [9.17, 15) is 9.59 Å². The van der Waals surface area contributed by atoms with Crippen molar-refractivity contribution in [2.24, 2.45) is 0 Å². The van der Waals surface area contributed by atoms with Crippen molar-refractivity contribution in [2.45, 2.75) is 68.8 Å². The van der Waals surface area contributed by atoms with Gasteiger partial charge < -0.3 is 9.80 Å². The van der Waals surface area contributed by atoms with E-state index in [0.717, 1.165) is 32.2 Å². The first-order valence-electron chi connectivity index (χ1n) is 7.79. The van der Waals surface area contributed by atoms with E-state index in [1.54, 1.807) is 0 Å². The van der Waals surface area contributed by atoms with Crippen molar-refractivity contribution >= 4 is 23.6 Å². The van der Waals surface area contributed by atoms with E-state index in [1.165, 1.54) is 12.8 Å². The zero-order chi connectivity index (χ0) is 14.3. The first-order chi connectivity index (χ1) is 9.63. The highest BCUT2D eigenvalue weighted by Crippen LogP contribution is 2.35. The van der Waals surface area contributed by atoms with Crippen LogP contribution in [-0.4, -0.2) is 57.8 Å². The van der Waals surface area contributed by atoms with Crippen LogP contribution in [0.5, 0.6) is 0 Å². The second-order valence-electron chi connectivity index (χ2n) is 6.29. The van der Waals surface area contributed by atoms with Crippen LogP contribution in [0, 0.1) is 0 Å². The molecule has 0 aromatic carbocycles. The van der Waals surface area contributed by atoms with Gasteiger partial charge in [-0.2, -0.15) is 11.8 Å². The molecule has 0 aromatic heterocycles. The van der Waals surface area contributed by atoms with Crippen molar-refractivity contribution in [3.63, 3.8) is 0 Å². The molecule has 1 aliphatic carbocycles. The second kappa shape index (κ2) is 5.58. The standard InChI is InChI=1S/C15H24N2O2S/c1-10-14(18)16-8-4-7-13(16)15(19)17(10)11-5-3-6-12(9-11)20-2/h10-13H,3-9H2,1-2H3. The van der Waals surface area contributed by atoms with Crippen molar-refractivity contribution in [1.29, 1.82) is 0 Å². The summed E-state index contributed by atoms with van der Waals surface area (Å²) in [7, 11) is 0. The summed E-state index contributed by atoms with van der Waals surface area (Å²) in [5.41, 5.74) is 0. The van der Waals surface area contributed by atoms with Gasteiger partial charge >= 0.3 is 0 Å². The molecule has 0 radical (unpaired) electrons. The quantitative estimate of drug-likeness (QED) is 0.781. The monoisotopic (exact) mass is 296 g/mol. The molecule has 0 bridgehead atoms. The molecule has 4 unspecified atom stereocenters. The lowest BCUT2D eigenvalue weighted by atomic mass is 9.91. The Kier molecular flexibility index (Phi) is 3.98. The Morgan fingerprint density at radius 3 is 2.65 bits per heavy atom. The third-order valence-corrected chi connectivity index (χ3v) is 6.27. The Morgan fingerprint density at radius 1 is 1.10 bits per heavy atom. The maximum atomic E-state index is 12.8. The lowest BCUT2D eigenvalue weighted by Crippen LogP contribution is -2.64. The average Bonchev–Trinajstić information content (AvgIpc) is 2.95. The fourth-order valence-electron chi connectivity index (χ4n) is 4.09. The lowest BCUT2D eigenvalue weighted by molar-refractivity contribution is -0.161. The molecule has 0 spiro atoms. The number of thioether (sulfide) groups is 1. The van der Waals surface area contributed by atoms with Gasteiger partial charge in [-0.05, 0) is 45.3 Å². The number of fused-ring (bicyclic) bond motifs is 1. The minimum Gasteiger partial charge on any atom is -0.329 e. The fourth-order valence-corrected chi connectivity index (χ4v) is 4.91. The Hall–Kier alpha value is -0.710. The second-order valence-corrected chi connectivity index (χ2v) is 7.43. The number of nitrogens with zero attached hydrogens (tertiary/aromatic N) is 2. The summed E-state index contributed by atoms with van der Waals surface area (Å²) in [5, 5.41) is 0.644. The van der Waals surface area contributed by atoms with Crippen LogP contribution in [0.4, 0.5) is 0 Å². The zero-order valence-corrected chi connectivity index (χ0v) is 13.2. The van der Waals surface area contributed by atoms with Crippen molar-refractivity contribution in [3.8, 4) is 0 Å². The summed E-state index contributed by atoms with van der Waals surface area (Å²) in [6.45, 7) is 2.68. The summed E-state index contributed by atoms with van der Waals surface area (Å²) in [4.78, 5) is 29.0. The highest BCUT2D eigenvalue weighted by atomic mass is 32.2. The molecular formula is C15H24N2O2S. The third-order valence-electron chi connectivity index (χ3n) is 5.18. The van der Waals surface area contributed by atoms with E-state index >= 15 is 0 Å². The Bertz CT molecular complexity index is 415. The van der Waals surface area contributed by atoms with Gasteiger partial charge in [0.15, 0.2) is 0 Å². The normalized spacial score (nSPS) is 38.3. The summed E-state index contributed by atoms with van der Waals surface area (Å²) in [5.74, 6) is 0.375. The van der Waals surface area contributed by atoms with Crippen LogP contribution in [-0.2, 0) is 9.59 Å². The van der Waals surface area contributed by atoms with E-state index in [4.69, 9.17) is 0 Å². The lowest BCUT2D eigenvalue weighted by Gasteiger charge is -2.46. The number of hydrogen-bond donors (Lipinski definition) is 0. The van der Waals surface area contributed by atoms with E-state index in [-0.39, 0.29) is 29.9 Å². The van der Waals surface area contributed by atoms with E-state index in [1.807, 2.05) is 28.5 Å². The number of amides is 2. The highest BCUT2D eigenvalue weighted by molar-refractivity contribution is 7.99. The first kappa shape index (κ1) is 14.2. The van der Waals surface area contributed by atoms with Gasteiger partial charge in [-0.3, -0.25) is 9.59 Å². The predicted octanol–water partition coefficient (Wildman–Crippen LogP) is 1.88. The fraction of sp³-hybridized carbons (Fsp3) is 0.867. The average molecular weight is 296 g/mol. The molecule has 3 fully saturated rings. The van der Waals surface area contributed by atoms with Crippen LogP contribution >= 0.6 is 11.8 Å². The molecule has 3 aliphatic rings. The SMILES string of the molecule is CSC1CCCC(N2C(=O)C3CCCN3C(=O)C2C)C1. The number of piperazine rings is 1. The summed E-state index contributed by atoms with van der Waals surface area (Å²) < 4.78 is 0. The van der Waals surface area contributed by atoms with E-state index in [2.05, 4.69) is 6.26 Å². The molecule has 4 nitrogen and oxygen atoms in total. The number of carbonyl (C=O) groups is 2. The highest BCUT2D eigenvalue weighted by Gasteiger charge is 2.48. The largest absolute Gasteiger partial charge is 0.329 e. The minimum absolute atomic E-state index is 0.159. The molecule has 20 heavy (non-hydrogen) atoms. The van der Waals surface area contributed by atoms with Crippen LogP contribution < -0.4 is 0 Å². The van der Waals surface area contributed by atoms with Gasteiger partial charge in [-0.25, -0.2) is 0 Å². The molecule has 4 atom stereocenters. The Labute approximate surface area is 125 Å². The van der Waals surface area contributed by atoms with Crippen molar-refractivity contribution < 1.29 is 9.59 Å². The zero-order valence-electron chi connectivity index (χ0n) is 12.4. The van der Waals surface area contributed by atoms with Crippen molar-refractivity contribution in [3.05, 3.63) is 0 Å². The van der Waals surface area contributed by atoms with Crippen LogP contribution in [0.1, 0.15) is 45.4 Å². The maximum absolute atomic E-state index is 12.8. The minimum atomic E-state index is -0.262. The summed E-state index contributed by atoms with van der Waals surface area (Å²) >= 11 is 1.90. The van der Waals surface area contributed by atoms with E-state index < -0.39 is 0 Å². The molecule has 1 saturated carbocycles. The molecule has 112 valence electrons. The van der Waals surface area contributed by atoms with Gasteiger partial charge in [0.25, 0.3) is 0 Å². The van der Waals surface area contributed by atoms with Crippen molar-refractivity contribution in [1.82, 2.24) is 9.80 Å². The molecule has 2 aliphatic heterocycles. The third kappa shape index (κ3) is 2.24. The maximum Gasteiger partial charge on any atom is 0.246 e. The van der Waals surface area contributed by atoms with Gasteiger partial charge in [0.05, 0.1) is 0 Å². The summed E-state index contributed by atoms with van der Waals surface area (Å²) in [6, 6.07) is -0.147. The van der Waals surface area contributed by atoms with Gasteiger partial charge in [0, 0.05) is 17.8 Å². The topological polar surface area (TPSA) is 40.6 Å². The van der Waals surface area contributed by atoms with Gasteiger partial charge in [0.2, 0.25) is 11.8 Å². The molecule has 2 saturated heterocycles. The smallest absolute Gasteiger partial charge is 0.246 e. The van der Waals surface area contributed by atoms with Crippen LogP contribution in [0.3, 0.4) is 0 Å². The summed E-state index contributed by atoms with van der Waals surface area (Å²) in [6.07, 6.45) is 8.52. The van der Waals surface area contributed by atoms with Crippen LogP contribution in [0.2, 0.25) is 0 Å². The van der Waals surface area contributed by atoms with Gasteiger partial charge in [-0.1, -0.05) is 6.42 Å². The molecule has 2 heterocycles. The first-order valence-corrected chi connectivity index (χ1v) is 9.07. The molecule has 3 rings (SSSR count). The van der Waals surface area contributed by atoms with Gasteiger partial charge in [0.1, 0.15) is 12.1 Å². The molecular weight excluding hydrogens is 272 g/mol. The Morgan fingerprint density at radius 2 is 1.90 bits per heavy atom. The van der Waals surface area contributed by atoms with Crippen LogP contribution in [0.25, 0.3) is 0 Å². The Balaban J connectivity index is 1.80. The predicted molar refractivity (Wildman–Crippen MR) is 80.6 cm³/mol. The molecule has 2 amide bonds. The number of rotatable bonds is 2. The number of hydrogen-bond acceptors (Lipinski definition) is 3. The van der Waals surface area contributed by atoms with Crippen LogP contribution in [0.15, 0.2) is 0 Å². The van der Waals surface area contributed by atoms with Crippen molar-refractivity contribution in [2.75, 3.05) is 12.8 Å². The molecule has 0 aromatic rings. The number of carbonyl (C=O) groups excluding carboxylic acids is 2.